The highest BCUT2D eigenvalue weighted by Gasteiger charge is 2.37. The molecule has 8 nitrogen and oxygen atoms in total. The first-order valence-electron chi connectivity index (χ1n) is 10.2. The van der Waals surface area contributed by atoms with Gasteiger partial charge in [0.15, 0.2) is 0 Å². The van der Waals surface area contributed by atoms with Gasteiger partial charge in [-0.2, -0.15) is 17.0 Å². The second-order valence-corrected chi connectivity index (χ2v) is 9.57. The van der Waals surface area contributed by atoms with Crippen molar-refractivity contribution in [3.63, 3.8) is 0 Å². The van der Waals surface area contributed by atoms with Gasteiger partial charge in [-0.3, -0.25) is 4.98 Å². The van der Waals surface area contributed by atoms with Gasteiger partial charge in [0, 0.05) is 60.9 Å². The van der Waals surface area contributed by atoms with Gasteiger partial charge in [0.1, 0.15) is 5.75 Å². The molecule has 162 valence electrons. The second kappa shape index (κ2) is 8.89. The van der Waals surface area contributed by atoms with Gasteiger partial charge in [-0.15, -0.1) is 0 Å². The summed E-state index contributed by atoms with van der Waals surface area (Å²) in [6.07, 6.45) is 0.763. The van der Waals surface area contributed by atoms with E-state index in [1.807, 2.05) is 43.3 Å². The molecule has 0 bridgehead atoms. The van der Waals surface area contributed by atoms with E-state index in [4.69, 9.17) is 14.5 Å². The topological polar surface area (TPSA) is 84.0 Å². The van der Waals surface area contributed by atoms with Gasteiger partial charge < -0.3 is 14.8 Å². The lowest BCUT2D eigenvalue weighted by Crippen LogP contribution is -2.47. The third kappa shape index (κ3) is 4.59. The number of nitrogens with one attached hydrogen (secondary N) is 1. The first-order chi connectivity index (χ1) is 14.5. The maximum Gasteiger partial charge on any atom is 0.282 e. The van der Waals surface area contributed by atoms with Gasteiger partial charge in [0.25, 0.3) is 10.2 Å². The molecule has 0 saturated carbocycles. The van der Waals surface area contributed by atoms with Gasteiger partial charge in [0.05, 0.1) is 20.3 Å². The molecule has 2 aliphatic rings. The molecule has 4 rings (SSSR count). The minimum Gasteiger partial charge on any atom is -0.497 e. The highest BCUT2D eigenvalue weighted by Crippen LogP contribution is 2.31. The number of methoxy groups -OCH3 is 1. The normalized spacial score (nSPS) is 20.9. The van der Waals surface area contributed by atoms with E-state index in [0.717, 1.165) is 34.9 Å². The SMILES string of the molecule is COc1cccc(Nc2cc(C)nc([C@@H]3CCN(S(=O)(=O)N4CCOCC4)C3)c2)c1. The number of hydrogen-bond acceptors (Lipinski definition) is 6. The Hall–Kier alpha value is -2.20. The average Bonchev–Trinajstić information content (AvgIpc) is 3.25. The molecule has 0 amide bonds. The fraction of sp³-hybridized carbons (Fsp3) is 0.476. The Balaban J connectivity index is 1.49. The summed E-state index contributed by atoms with van der Waals surface area (Å²) >= 11 is 0. The van der Waals surface area contributed by atoms with Crippen LogP contribution < -0.4 is 10.1 Å². The van der Waals surface area contributed by atoms with Gasteiger partial charge >= 0.3 is 0 Å². The lowest BCUT2D eigenvalue weighted by Gasteiger charge is -2.30. The number of hydrogen-bond donors (Lipinski definition) is 1. The van der Waals surface area contributed by atoms with Crippen molar-refractivity contribution in [2.24, 2.45) is 0 Å². The fourth-order valence-electron chi connectivity index (χ4n) is 3.96. The third-order valence-corrected chi connectivity index (χ3v) is 7.53. The maximum absolute atomic E-state index is 13.0. The molecule has 0 unspecified atom stereocenters. The van der Waals surface area contributed by atoms with E-state index in [1.165, 1.54) is 4.31 Å². The third-order valence-electron chi connectivity index (χ3n) is 5.52. The summed E-state index contributed by atoms with van der Waals surface area (Å²) < 4.78 is 39.6. The van der Waals surface area contributed by atoms with Crippen LogP contribution in [0.1, 0.15) is 23.7 Å². The Labute approximate surface area is 178 Å². The summed E-state index contributed by atoms with van der Waals surface area (Å²) in [5.41, 5.74) is 3.67. The maximum atomic E-state index is 13.0. The van der Waals surface area contributed by atoms with Gasteiger partial charge in [0.2, 0.25) is 0 Å². The molecule has 0 spiro atoms. The van der Waals surface area contributed by atoms with Crippen LogP contribution in [-0.2, 0) is 14.9 Å². The van der Waals surface area contributed by atoms with Gasteiger partial charge in [-0.25, -0.2) is 0 Å². The first kappa shape index (κ1) is 21.0. The van der Waals surface area contributed by atoms with Crippen molar-refractivity contribution in [3.05, 3.63) is 47.8 Å². The van der Waals surface area contributed by atoms with E-state index in [9.17, 15) is 8.42 Å². The quantitative estimate of drug-likeness (QED) is 0.755. The molecule has 9 heteroatoms. The minimum absolute atomic E-state index is 0.0755. The van der Waals surface area contributed by atoms with Gasteiger partial charge in [-0.1, -0.05) is 6.07 Å². The molecule has 2 saturated heterocycles. The minimum atomic E-state index is -3.45. The predicted molar refractivity (Wildman–Crippen MR) is 115 cm³/mol. The van der Waals surface area contributed by atoms with Crippen molar-refractivity contribution in [2.75, 3.05) is 51.8 Å². The van der Waals surface area contributed by atoms with Crippen LogP contribution >= 0.6 is 0 Å². The Morgan fingerprint density at radius 2 is 1.90 bits per heavy atom. The molecule has 1 aromatic heterocycles. The number of aryl methyl sites for hydroxylation is 1. The zero-order valence-electron chi connectivity index (χ0n) is 17.4. The fourth-order valence-corrected chi connectivity index (χ4v) is 5.60. The van der Waals surface area contributed by atoms with Gasteiger partial charge in [-0.05, 0) is 37.6 Å². The van der Waals surface area contributed by atoms with Crippen LogP contribution in [0.5, 0.6) is 5.75 Å². The number of ether oxygens (including phenoxy) is 2. The Kier molecular flexibility index (Phi) is 6.24. The summed E-state index contributed by atoms with van der Waals surface area (Å²) in [7, 11) is -1.81. The second-order valence-electron chi connectivity index (χ2n) is 7.64. The van der Waals surface area contributed by atoms with Crippen LogP contribution in [0.15, 0.2) is 36.4 Å². The molecule has 1 N–H and O–H groups in total. The zero-order valence-corrected chi connectivity index (χ0v) is 18.2. The molecule has 2 aliphatic heterocycles. The van der Waals surface area contributed by atoms with Crippen molar-refractivity contribution in [1.29, 1.82) is 0 Å². The lowest BCUT2D eigenvalue weighted by atomic mass is 10.0. The predicted octanol–water partition coefficient (Wildman–Crippen LogP) is 2.51. The number of morpholine rings is 1. The standard InChI is InChI=1S/C21H28N4O4S/c1-16-12-19(23-18-4-3-5-20(13-18)28-2)14-21(22-16)17-6-7-25(15-17)30(26,27)24-8-10-29-11-9-24/h3-5,12-14,17H,6-11,15H2,1-2H3,(H,22,23)/t17-/m1/s1. The van der Waals surface area contributed by atoms with Crippen LogP contribution in [0.4, 0.5) is 11.4 Å². The van der Waals surface area contributed by atoms with E-state index in [2.05, 4.69) is 5.32 Å². The van der Waals surface area contributed by atoms with Crippen LogP contribution in [-0.4, -0.2) is 68.5 Å². The van der Waals surface area contributed by atoms with E-state index in [-0.39, 0.29) is 5.92 Å². The summed E-state index contributed by atoms with van der Waals surface area (Å²) in [6.45, 7) is 4.66. The molecule has 2 fully saturated rings. The summed E-state index contributed by atoms with van der Waals surface area (Å²) in [6, 6.07) is 11.7. The molecular weight excluding hydrogens is 404 g/mol. The van der Waals surface area contributed by atoms with Crippen LogP contribution in [0.25, 0.3) is 0 Å². The Morgan fingerprint density at radius 1 is 1.10 bits per heavy atom. The van der Waals surface area contributed by atoms with Crippen molar-refractivity contribution in [2.45, 2.75) is 19.3 Å². The molecule has 3 heterocycles. The number of anilines is 2. The van der Waals surface area contributed by atoms with Crippen molar-refractivity contribution in [1.82, 2.24) is 13.6 Å². The van der Waals surface area contributed by atoms with Crippen LogP contribution in [0.2, 0.25) is 0 Å². The summed E-state index contributed by atoms with van der Waals surface area (Å²) in [4.78, 5) is 4.70. The van der Waals surface area contributed by atoms with Crippen molar-refractivity contribution >= 4 is 21.6 Å². The average molecular weight is 433 g/mol. The zero-order chi connectivity index (χ0) is 21.1. The lowest BCUT2D eigenvalue weighted by molar-refractivity contribution is 0.0705. The monoisotopic (exact) mass is 432 g/mol. The highest BCUT2D eigenvalue weighted by atomic mass is 32.2. The molecule has 1 atom stereocenters. The number of aromatic nitrogens is 1. The first-order valence-corrected chi connectivity index (χ1v) is 11.6. The largest absolute Gasteiger partial charge is 0.497 e. The Bertz CT molecular complexity index is 992. The molecule has 0 aliphatic carbocycles. The van der Waals surface area contributed by atoms with E-state index < -0.39 is 10.2 Å². The van der Waals surface area contributed by atoms with E-state index >= 15 is 0 Å². The van der Waals surface area contributed by atoms with Crippen LogP contribution in [0, 0.1) is 6.92 Å². The molecule has 2 aromatic rings. The smallest absolute Gasteiger partial charge is 0.282 e. The molecule has 30 heavy (non-hydrogen) atoms. The molecular formula is C21H28N4O4S. The van der Waals surface area contributed by atoms with Crippen molar-refractivity contribution < 1.29 is 17.9 Å². The van der Waals surface area contributed by atoms with Crippen LogP contribution in [0.3, 0.4) is 0 Å². The number of pyridine rings is 1. The number of benzene rings is 1. The number of nitrogens with zero attached hydrogens (tertiary/aromatic N) is 3. The summed E-state index contributed by atoms with van der Waals surface area (Å²) in [5, 5.41) is 3.40. The Morgan fingerprint density at radius 3 is 2.67 bits per heavy atom. The highest BCUT2D eigenvalue weighted by molar-refractivity contribution is 7.86. The number of rotatable bonds is 6. The molecule has 1 aromatic carbocycles. The van der Waals surface area contributed by atoms with E-state index in [0.29, 0.717) is 39.4 Å². The summed E-state index contributed by atoms with van der Waals surface area (Å²) in [5.74, 6) is 0.859. The van der Waals surface area contributed by atoms with E-state index in [1.54, 1.807) is 11.4 Å². The van der Waals surface area contributed by atoms with Crippen molar-refractivity contribution in [3.8, 4) is 5.75 Å². The molecule has 0 radical (unpaired) electrons.